The Morgan fingerprint density at radius 3 is 2.43 bits per heavy atom. The molecular formula is C12H13F2NO5S. The number of ether oxygens (including phenoxy) is 1. The molecule has 1 fully saturated rings. The maximum Gasteiger partial charge on any atom is 0.387 e. The third-order valence-electron chi connectivity index (χ3n) is 3.05. The van der Waals surface area contributed by atoms with Gasteiger partial charge in [-0.05, 0) is 17.7 Å². The lowest BCUT2D eigenvalue weighted by Gasteiger charge is -2.28. The lowest BCUT2D eigenvalue weighted by atomic mass is 10.1. The zero-order valence-corrected chi connectivity index (χ0v) is 11.5. The average molecular weight is 321 g/mol. The van der Waals surface area contributed by atoms with Gasteiger partial charge in [0, 0.05) is 6.04 Å². The van der Waals surface area contributed by atoms with Gasteiger partial charge < -0.3 is 9.84 Å². The smallest absolute Gasteiger partial charge is 0.387 e. The lowest BCUT2D eigenvalue weighted by molar-refractivity contribution is -0.139. The molecule has 1 heterocycles. The van der Waals surface area contributed by atoms with E-state index in [0.717, 1.165) is 0 Å². The molecular weight excluding hydrogens is 308 g/mol. The summed E-state index contributed by atoms with van der Waals surface area (Å²) in [6, 6.07) is 3.51. The molecule has 0 bridgehead atoms. The highest BCUT2D eigenvalue weighted by molar-refractivity contribution is 7.91. The van der Waals surface area contributed by atoms with Crippen molar-refractivity contribution in [3.05, 3.63) is 29.8 Å². The Kier molecular flexibility index (Phi) is 4.43. The topological polar surface area (TPSA) is 92.7 Å². The fraction of sp³-hybridized carbons (Fsp3) is 0.417. The van der Waals surface area contributed by atoms with E-state index >= 15 is 0 Å². The van der Waals surface area contributed by atoms with E-state index in [0.29, 0.717) is 5.56 Å². The predicted octanol–water partition coefficient (Wildman–Crippen LogP) is 0.800. The fourth-order valence-electron chi connectivity index (χ4n) is 2.13. The first kappa shape index (κ1) is 15.6. The van der Waals surface area contributed by atoms with Crippen LogP contribution in [0, 0.1) is 0 Å². The molecule has 2 N–H and O–H groups in total. The Bertz CT molecular complexity index is 617. The van der Waals surface area contributed by atoms with Crippen molar-refractivity contribution < 1.29 is 31.8 Å². The molecule has 1 aromatic carbocycles. The van der Waals surface area contributed by atoms with Gasteiger partial charge in [0.2, 0.25) is 0 Å². The molecule has 116 valence electrons. The summed E-state index contributed by atoms with van der Waals surface area (Å²) < 4.78 is 51.7. The number of rotatable bonds is 4. The van der Waals surface area contributed by atoms with Crippen molar-refractivity contribution in [1.82, 2.24) is 5.32 Å². The second-order valence-electron chi connectivity index (χ2n) is 4.63. The molecule has 21 heavy (non-hydrogen) atoms. The molecule has 2 unspecified atom stereocenters. The standard InChI is InChI=1S/C12H13F2NO5S/c13-12(14)20-8-3-1-7(2-4-8)9-5-21(18,19)6-10(15-9)11(16)17/h1-4,9-10,12,15H,5-6H2,(H,16,17). The summed E-state index contributed by atoms with van der Waals surface area (Å²) in [5.74, 6) is -2.01. The molecule has 6 nitrogen and oxygen atoms in total. The van der Waals surface area contributed by atoms with Crippen molar-refractivity contribution in [2.24, 2.45) is 0 Å². The molecule has 9 heteroatoms. The molecule has 1 saturated heterocycles. The van der Waals surface area contributed by atoms with Gasteiger partial charge in [-0.3, -0.25) is 10.1 Å². The SMILES string of the molecule is O=C(O)C1CS(=O)(=O)CC(c2ccc(OC(F)F)cc2)N1. The molecule has 0 radical (unpaired) electrons. The first-order chi connectivity index (χ1) is 9.77. The summed E-state index contributed by atoms with van der Waals surface area (Å²) in [6.07, 6.45) is 0. The average Bonchev–Trinajstić information content (AvgIpc) is 2.37. The summed E-state index contributed by atoms with van der Waals surface area (Å²) in [5.41, 5.74) is 0.492. The highest BCUT2D eigenvalue weighted by atomic mass is 32.2. The second kappa shape index (κ2) is 5.94. The number of aliphatic carboxylic acids is 1. The van der Waals surface area contributed by atoms with E-state index < -0.39 is 40.3 Å². The Morgan fingerprint density at radius 2 is 1.90 bits per heavy atom. The number of hydrogen-bond donors (Lipinski definition) is 2. The minimum absolute atomic E-state index is 0.0535. The number of carbonyl (C=O) groups is 1. The first-order valence-electron chi connectivity index (χ1n) is 6.01. The fourth-order valence-corrected chi connectivity index (χ4v) is 3.81. The van der Waals surface area contributed by atoms with Crippen LogP contribution in [0.3, 0.4) is 0 Å². The van der Waals surface area contributed by atoms with Crippen molar-refractivity contribution in [2.45, 2.75) is 18.7 Å². The van der Waals surface area contributed by atoms with Gasteiger partial charge in [-0.15, -0.1) is 0 Å². The molecule has 0 saturated carbocycles. The Hall–Kier alpha value is -1.74. The van der Waals surface area contributed by atoms with E-state index in [4.69, 9.17) is 5.11 Å². The number of nitrogens with one attached hydrogen (secondary N) is 1. The number of carboxylic acids is 1. The largest absolute Gasteiger partial charge is 0.480 e. The third-order valence-corrected chi connectivity index (χ3v) is 4.73. The monoisotopic (exact) mass is 321 g/mol. The summed E-state index contributed by atoms with van der Waals surface area (Å²) in [7, 11) is -3.50. The second-order valence-corrected chi connectivity index (χ2v) is 6.79. The molecule has 1 aromatic rings. The van der Waals surface area contributed by atoms with Gasteiger partial charge in [0.1, 0.15) is 11.8 Å². The molecule has 0 aromatic heterocycles. The van der Waals surface area contributed by atoms with E-state index in [1.807, 2.05) is 0 Å². The van der Waals surface area contributed by atoms with Crippen molar-refractivity contribution in [1.29, 1.82) is 0 Å². The maximum absolute atomic E-state index is 12.0. The highest BCUT2D eigenvalue weighted by Crippen LogP contribution is 2.24. The van der Waals surface area contributed by atoms with Gasteiger partial charge in [0.05, 0.1) is 11.5 Å². The van der Waals surface area contributed by atoms with Crippen LogP contribution in [0.4, 0.5) is 8.78 Å². The summed E-state index contributed by atoms with van der Waals surface area (Å²) in [4.78, 5) is 11.0. The lowest BCUT2D eigenvalue weighted by Crippen LogP contribution is -2.51. The zero-order chi connectivity index (χ0) is 15.6. The van der Waals surface area contributed by atoms with Gasteiger partial charge in [-0.1, -0.05) is 12.1 Å². The van der Waals surface area contributed by atoms with Crippen LogP contribution in [0.15, 0.2) is 24.3 Å². The Balaban J connectivity index is 2.18. The van der Waals surface area contributed by atoms with E-state index in [1.54, 1.807) is 0 Å². The molecule has 1 aliphatic rings. The van der Waals surface area contributed by atoms with Crippen LogP contribution in [-0.4, -0.2) is 43.7 Å². The highest BCUT2D eigenvalue weighted by Gasteiger charge is 2.35. The predicted molar refractivity (Wildman–Crippen MR) is 69.0 cm³/mol. The van der Waals surface area contributed by atoms with Gasteiger partial charge in [-0.2, -0.15) is 8.78 Å². The molecule has 2 rings (SSSR count). The van der Waals surface area contributed by atoms with E-state index in [-0.39, 0.29) is 11.5 Å². The van der Waals surface area contributed by atoms with E-state index in [1.165, 1.54) is 24.3 Å². The quantitative estimate of drug-likeness (QED) is 0.852. The number of hydrogen-bond acceptors (Lipinski definition) is 5. The maximum atomic E-state index is 12.0. The number of benzene rings is 1. The molecule has 1 aliphatic heterocycles. The first-order valence-corrected chi connectivity index (χ1v) is 7.83. The minimum Gasteiger partial charge on any atom is -0.480 e. The van der Waals surface area contributed by atoms with Gasteiger partial charge >= 0.3 is 12.6 Å². The van der Waals surface area contributed by atoms with Crippen molar-refractivity contribution in [2.75, 3.05) is 11.5 Å². The van der Waals surface area contributed by atoms with E-state index in [9.17, 15) is 22.0 Å². The van der Waals surface area contributed by atoms with Gasteiger partial charge in [0.15, 0.2) is 9.84 Å². The Morgan fingerprint density at radius 1 is 1.29 bits per heavy atom. The summed E-state index contributed by atoms with van der Waals surface area (Å²) in [6.45, 7) is -2.94. The van der Waals surface area contributed by atoms with Crippen LogP contribution in [0.1, 0.15) is 11.6 Å². The number of carboxylic acid groups (broad SMARTS) is 1. The van der Waals surface area contributed by atoms with Crippen LogP contribution in [-0.2, 0) is 14.6 Å². The van der Waals surface area contributed by atoms with Crippen molar-refractivity contribution in [3.63, 3.8) is 0 Å². The number of alkyl halides is 2. The third kappa shape index (κ3) is 4.11. The summed E-state index contributed by atoms with van der Waals surface area (Å²) in [5, 5.41) is 11.7. The van der Waals surface area contributed by atoms with E-state index in [2.05, 4.69) is 10.1 Å². The van der Waals surface area contributed by atoms with Gasteiger partial charge in [-0.25, -0.2) is 8.42 Å². The van der Waals surface area contributed by atoms with Crippen molar-refractivity contribution in [3.8, 4) is 5.75 Å². The zero-order valence-electron chi connectivity index (χ0n) is 10.7. The number of halogens is 2. The minimum atomic E-state index is -3.50. The normalized spacial score (nSPS) is 24.7. The van der Waals surface area contributed by atoms with Crippen LogP contribution >= 0.6 is 0 Å². The van der Waals surface area contributed by atoms with Crippen LogP contribution in [0.25, 0.3) is 0 Å². The van der Waals surface area contributed by atoms with Gasteiger partial charge in [0.25, 0.3) is 0 Å². The molecule has 2 atom stereocenters. The van der Waals surface area contributed by atoms with Crippen molar-refractivity contribution >= 4 is 15.8 Å². The van der Waals surface area contributed by atoms with Crippen LogP contribution in [0.2, 0.25) is 0 Å². The molecule has 0 aliphatic carbocycles. The molecule has 0 spiro atoms. The summed E-state index contributed by atoms with van der Waals surface area (Å²) >= 11 is 0. The Labute approximate surface area is 119 Å². The molecule has 0 amide bonds. The van der Waals surface area contributed by atoms with Crippen LogP contribution < -0.4 is 10.1 Å². The van der Waals surface area contributed by atoms with Crippen LogP contribution in [0.5, 0.6) is 5.75 Å². The number of sulfone groups is 1.